The lowest BCUT2D eigenvalue weighted by molar-refractivity contribution is -0.907. The highest BCUT2D eigenvalue weighted by atomic mass is 16.5. The number of nitrogens with zero attached hydrogens (tertiary/aromatic N) is 2. The van der Waals surface area contributed by atoms with Crippen molar-refractivity contribution in [2.45, 2.75) is 12.5 Å². The standard InChI is InChI=1S/C26H27N3O6/c1-3-10-28-19-7-5-4-6-18(19)26(25(28)33)21(22(30)20-9-8-17(2)35-20)23(31)24(32)29(26)12-11-27-13-15-34-16-14-27/h3-9,31H,1,10-16H2,2H3/p+1. The highest BCUT2D eigenvalue weighted by molar-refractivity contribution is 6.25. The second-order valence-electron chi connectivity index (χ2n) is 8.96. The number of aryl methyl sites for hydroxylation is 1. The number of nitrogens with one attached hydrogen (secondary N) is 1. The Morgan fingerprint density at radius 1 is 1.20 bits per heavy atom. The fourth-order valence-electron chi connectivity index (χ4n) is 5.34. The van der Waals surface area contributed by atoms with Crippen LogP contribution in [0.4, 0.5) is 5.69 Å². The topological polar surface area (TPSA) is 105 Å². The largest absolute Gasteiger partial charge is 0.503 e. The molecule has 1 atom stereocenters. The van der Waals surface area contributed by atoms with E-state index in [9.17, 15) is 19.5 Å². The molecule has 35 heavy (non-hydrogen) atoms. The number of carbonyl (C=O) groups excluding carboxylic acids is 3. The molecule has 3 aliphatic rings. The van der Waals surface area contributed by atoms with Gasteiger partial charge in [-0.25, -0.2) is 0 Å². The number of quaternary nitrogens is 1. The van der Waals surface area contributed by atoms with Crippen molar-refractivity contribution in [1.82, 2.24) is 4.90 Å². The number of rotatable bonds is 7. The molecule has 2 N–H and O–H groups in total. The normalized spacial score (nSPS) is 22.4. The van der Waals surface area contributed by atoms with E-state index >= 15 is 0 Å². The molecule has 2 amide bonds. The molecule has 0 aliphatic carbocycles. The summed E-state index contributed by atoms with van der Waals surface area (Å²) < 4.78 is 11.0. The van der Waals surface area contributed by atoms with E-state index in [1.807, 2.05) is 0 Å². The quantitative estimate of drug-likeness (QED) is 0.450. The number of ketones is 1. The number of anilines is 1. The number of fused-ring (bicyclic) bond motifs is 2. The molecular weight excluding hydrogens is 450 g/mol. The second-order valence-corrected chi connectivity index (χ2v) is 8.96. The van der Waals surface area contributed by atoms with Crippen LogP contribution in [0.1, 0.15) is 21.9 Å². The Kier molecular flexibility index (Phi) is 5.82. The number of benzene rings is 1. The number of furan rings is 1. The van der Waals surface area contributed by atoms with Gasteiger partial charge in [-0.2, -0.15) is 0 Å². The summed E-state index contributed by atoms with van der Waals surface area (Å²) >= 11 is 0. The maximum absolute atomic E-state index is 14.2. The summed E-state index contributed by atoms with van der Waals surface area (Å²) in [4.78, 5) is 45.6. The average molecular weight is 479 g/mol. The first kappa shape index (κ1) is 23.1. The van der Waals surface area contributed by atoms with Crippen LogP contribution in [0.2, 0.25) is 0 Å². The van der Waals surface area contributed by atoms with E-state index in [0.717, 1.165) is 13.1 Å². The molecule has 9 nitrogen and oxygen atoms in total. The van der Waals surface area contributed by atoms with E-state index in [1.54, 1.807) is 43.3 Å². The second kappa shape index (κ2) is 8.83. The van der Waals surface area contributed by atoms with Crippen LogP contribution in [0.25, 0.3) is 0 Å². The van der Waals surface area contributed by atoms with Gasteiger partial charge < -0.3 is 29.0 Å². The van der Waals surface area contributed by atoms with Gasteiger partial charge in [-0.15, -0.1) is 6.58 Å². The Labute approximate surface area is 202 Å². The lowest BCUT2D eigenvalue weighted by atomic mass is 9.81. The number of hydrogen-bond acceptors (Lipinski definition) is 6. The summed E-state index contributed by atoms with van der Waals surface area (Å²) in [5.41, 5.74) is -1.00. The minimum Gasteiger partial charge on any atom is -0.503 e. The van der Waals surface area contributed by atoms with Gasteiger partial charge in [-0.05, 0) is 25.1 Å². The van der Waals surface area contributed by atoms with Gasteiger partial charge in [0.1, 0.15) is 18.8 Å². The SMILES string of the molecule is C=CCN1C(=O)C2(C(C(=O)c3ccc(C)o3)=C(O)C(=O)N2CC[NH+]2CCOCC2)c2ccccc21. The highest BCUT2D eigenvalue weighted by Gasteiger charge is 2.66. The number of amides is 2. The van der Waals surface area contributed by atoms with E-state index in [-0.39, 0.29) is 24.4 Å². The predicted molar refractivity (Wildman–Crippen MR) is 126 cm³/mol. The highest BCUT2D eigenvalue weighted by Crippen LogP contribution is 2.53. The first-order valence-corrected chi connectivity index (χ1v) is 11.7. The average Bonchev–Trinajstić information content (AvgIpc) is 3.48. The van der Waals surface area contributed by atoms with Crippen molar-refractivity contribution in [3.63, 3.8) is 0 Å². The molecule has 4 heterocycles. The summed E-state index contributed by atoms with van der Waals surface area (Å²) in [6.07, 6.45) is 1.59. The molecule has 1 fully saturated rings. The van der Waals surface area contributed by atoms with Gasteiger partial charge in [0.15, 0.2) is 17.1 Å². The number of carbonyl (C=O) groups is 3. The molecular formula is C26H28N3O6+. The molecule has 2 aromatic rings. The molecule has 5 rings (SSSR count). The van der Waals surface area contributed by atoms with Crippen LogP contribution < -0.4 is 9.80 Å². The van der Waals surface area contributed by atoms with Crippen LogP contribution in [0.15, 0.2) is 64.8 Å². The molecule has 9 heteroatoms. The van der Waals surface area contributed by atoms with Gasteiger partial charge in [-0.3, -0.25) is 14.4 Å². The summed E-state index contributed by atoms with van der Waals surface area (Å²) in [5.74, 6) is -2.15. The predicted octanol–water partition coefficient (Wildman–Crippen LogP) is 0.768. The Hall–Kier alpha value is -3.69. The van der Waals surface area contributed by atoms with Gasteiger partial charge in [0, 0.05) is 12.1 Å². The lowest BCUT2D eigenvalue weighted by Crippen LogP contribution is -3.14. The minimum absolute atomic E-state index is 0.0377. The minimum atomic E-state index is -1.79. The number of Topliss-reactive ketones (excluding diaryl/α,β-unsaturated/α-hetero) is 1. The lowest BCUT2D eigenvalue weighted by Gasteiger charge is -2.36. The molecule has 1 spiro atoms. The summed E-state index contributed by atoms with van der Waals surface area (Å²) in [5, 5.41) is 11.1. The third-order valence-corrected chi connectivity index (χ3v) is 6.98. The van der Waals surface area contributed by atoms with Gasteiger partial charge in [0.2, 0.25) is 5.78 Å². The van der Waals surface area contributed by atoms with Crippen LogP contribution >= 0.6 is 0 Å². The van der Waals surface area contributed by atoms with Crippen molar-refractivity contribution in [3.05, 3.63) is 77.5 Å². The van der Waals surface area contributed by atoms with Crippen LogP contribution in [-0.4, -0.2) is 73.5 Å². The third kappa shape index (κ3) is 3.42. The molecule has 1 unspecified atom stereocenters. The number of morpholine rings is 1. The monoisotopic (exact) mass is 478 g/mol. The molecule has 182 valence electrons. The van der Waals surface area contributed by atoms with E-state index in [1.165, 1.54) is 20.8 Å². The number of para-hydroxylation sites is 1. The molecule has 1 saturated heterocycles. The van der Waals surface area contributed by atoms with E-state index in [2.05, 4.69) is 6.58 Å². The van der Waals surface area contributed by atoms with Crippen molar-refractivity contribution in [1.29, 1.82) is 0 Å². The Morgan fingerprint density at radius 2 is 1.94 bits per heavy atom. The van der Waals surface area contributed by atoms with Crippen molar-refractivity contribution >= 4 is 23.3 Å². The smallest absolute Gasteiger partial charge is 0.290 e. The fourth-order valence-corrected chi connectivity index (χ4v) is 5.34. The molecule has 0 saturated carbocycles. The summed E-state index contributed by atoms with van der Waals surface area (Å²) in [7, 11) is 0. The molecule has 0 bridgehead atoms. The zero-order valence-electron chi connectivity index (χ0n) is 19.6. The Morgan fingerprint density at radius 3 is 2.63 bits per heavy atom. The summed E-state index contributed by atoms with van der Waals surface area (Å²) in [6, 6.07) is 10.2. The van der Waals surface area contributed by atoms with Crippen molar-refractivity contribution in [3.8, 4) is 0 Å². The van der Waals surface area contributed by atoms with E-state index in [0.29, 0.717) is 36.8 Å². The maximum atomic E-state index is 14.2. The number of ether oxygens (including phenoxy) is 1. The van der Waals surface area contributed by atoms with Crippen molar-refractivity contribution < 1.29 is 33.5 Å². The summed E-state index contributed by atoms with van der Waals surface area (Å²) in [6.45, 7) is 9.16. The van der Waals surface area contributed by atoms with Gasteiger partial charge in [0.25, 0.3) is 11.8 Å². The van der Waals surface area contributed by atoms with Crippen molar-refractivity contribution in [2.75, 3.05) is 50.8 Å². The number of aliphatic hydroxyl groups excluding tert-OH is 1. The molecule has 1 aromatic carbocycles. The Bertz CT molecular complexity index is 1240. The fraction of sp³-hybridized carbons (Fsp3) is 0.346. The number of hydrogen-bond donors (Lipinski definition) is 2. The van der Waals surface area contributed by atoms with Crippen molar-refractivity contribution in [2.24, 2.45) is 0 Å². The van der Waals surface area contributed by atoms with E-state index in [4.69, 9.17) is 9.15 Å². The first-order valence-electron chi connectivity index (χ1n) is 11.7. The van der Waals surface area contributed by atoms with Gasteiger partial charge >= 0.3 is 0 Å². The van der Waals surface area contributed by atoms with E-state index < -0.39 is 28.9 Å². The molecule has 0 radical (unpaired) electrons. The van der Waals surface area contributed by atoms with Crippen LogP contribution in [0.3, 0.4) is 0 Å². The molecule has 1 aromatic heterocycles. The zero-order chi connectivity index (χ0) is 24.7. The number of aliphatic hydroxyl groups is 1. The zero-order valence-corrected chi connectivity index (χ0v) is 19.6. The Balaban J connectivity index is 1.66. The van der Waals surface area contributed by atoms with Gasteiger partial charge in [-0.1, -0.05) is 24.3 Å². The first-order chi connectivity index (χ1) is 16.9. The van der Waals surface area contributed by atoms with Crippen LogP contribution in [0, 0.1) is 6.92 Å². The van der Waals surface area contributed by atoms with Gasteiger partial charge in [0.05, 0.1) is 37.6 Å². The van der Waals surface area contributed by atoms with Crippen LogP contribution in [0.5, 0.6) is 0 Å². The molecule has 3 aliphatic heterocycles. The third-order valence-electron chi connectivity index (χ3n) is 6.98. The maximum Gasteiger partial charge on any atom is 0.290 e. The van der Waals surface area contributed by atoms with Crippen LogP contribution in [-0.2, 0) is 19.9 Å².